The minimum Gasteiger partial charge on any atom is -0.494 e. The van der Waals surface area contributed by atoms with Crippen molar-refractivity contribution < 1.29 is 14.3 Å². The predicted molar refractivity (Wildman–Crippen MR) is 107 cm³/mol. The van der Waals surface area contributed by atoms with Crippen LogP contribution in [-0.2, 0) is 6.54 Å². The maximum atomic E-state index is 12.4. The molecule has 1 aromatic heterocycles. The van der Waals surface area contributed by atoms with E-state index in [1.54, 1.807) is 48.7 Å². The van der Waals surface area contributed by atoms with E-state index in [0.29, 0.717) is 23.4 Å². The molecule has 0 fully saturated rings. The molecule has 6 nitrogen and oxygen atoms in total. The molecule has 2 aromatic carbocycles. The Morgan fingerprint density at radius 3 is 2.43 bits per heavy atom. The van der Waals surface area contributed by atoms with Crippen LogP contribution in [0.15, 0.2) is 73.1 Å². The molecule has 3 rings (SSSR count). The molecular formula is C22H21N3O3. The van der Waals surface area contributed by atoms with Crippen LogP contribution in [0, 0.1) is 0 Å². The third-order valence-corrected chi connectivity index (χ3v) is 4.06. The van der Waals surface area contributed by atoms with E-state index in [0.717, 1.165) is 11.3 Å². The van der Waals surface area contributed by atoms with E-state index in [-0.39, 0.29) is 18.4 Å². The first kappa shape index (κ1) is 19.1. The summed E-state index contributed by atoms with van der Waals surface area (Å²) in [5.41, 5.74) is 2.46. The summed E-state index contributed by atoms with van der Waals surface area (Å²) >= 11 is 0. The first-order chi connectivity index (χ1) is 13.7. The number of hydrogen-bond donors (Lipinski definition) is 2. The molecule has 6 heteroatoms. The normalized spacial score (nSPS) is 10.2. The van der Waals surface area contributed by atoms with Crippen LogP contribution in [-0.4, -0.2) is 23.4 Å². The number of ether oxygens (including phenoxy) is 1. The van der Waals surface area contributed by atoms with E-state index < -0.39 is 0 Å². The van der Waals surface area contributed by atoms with Crippen LogP contribution in [0.5, 0.6) is 5.75 Å². The largest absolute Gasteiger partial charge is 0.494 e. The van der Waals surface area contributed by atoms with Crippen molar-refractivity contribution in [3.05, 3.63) is 89.7 Å². The second kappa shape index (κ2) is 9.32. The molecule has 0 unspecified atom stereocenters. The van der Waals surface area contributed by atoms with Gasteiger partial charge in [-0.1, -0.05) is 18.2 Å². The van der Waals surface area contributed by atoms with Gasteiger partial charge in [0, 0.05) is 30.2 Å². The van der Waals surface area contributed by atoms with Crippen molar-refractivity contribution >= 4 is 17.5 Å². The summed E-state index contributed by atoms with van der Waals surface area (Å²) in [5, 5.41) is 5.74. The first-order valence-electron chi connectivity index (χ1n) is 8.97. The molecule has 0 saturated carbocycles. The highest BCUT2D eigenvalue weighted by molar-refractivity contribution is 6.04. The fourth-order valence-electron chi connectivity index (χ4n) is 2.63. The maximum Gasteiger partial charge on any atom is 0.257 e. The molecule has 0 bridgehead atoms. The van der Waals surface area contributed by atoms with Crippen molar-refractivity contribution in [3.8, 4) is 5.75 Å². The number of carbonyl (C=O) groups excluding carboxylic acids is 2. The zero-order chi connectivity index (χ0) is 19.8. The van der Waals surface area contributed by atoms with Gasteiger partial charge in [-0.15, -0.1) is 0 Å². The van der Waals surface area contributed by atoms with Gasteiger partial charge in [-0.2, -0.15) is 0 Å². The quantitative estimate of drug-likeness (QED) is 0.660. The number of para-hydroxylation sites is 1. The summed E-state index contributed by atoms with van der Waals surface area (Å²) in [5.74, 6) is 0.275. The number of rotatable bonds is 7. The van der Waals surface area contributed by atoms with Crippen LogP contribution in [0.3, 0.4) is 0 Å². The third-order valence-electron chi connectivity index (χ3n) is 4.06. The van der Waals surface area contributed by atoms with Crippen LogP contribution < -0.4 is 15.4 Å². The number of anilines is 1. The minimum absolute atomic E-state index is 0.198. The van der Waals surface area contributed by atoms with Gasteiger partial charge in [0.15, 0.2) is 0 Å². The van der Waals surface area contributed by atoms with Gasteiger partial charge in [0.1, 0.15) is 5.75 Å². The van der Waals surface area contributed by atoms with Gasteiger partial charge in [-0.05, 0) is 55.0 Å². The van der Waals surface area contributed by atoms with Crippen molar-refractivity contribution in [2.75, 3.05) is 11.9 Å². The van der Waals surface area contributed by atoms with Crippen LogP contribution in [0.2, 0.25) is 0 Å². The standard InChI is InChI=1S/C22H21N3O3/c1-2-28-19-11-9-16(10-12-19)21(26)24-15-17-6-3-4-8-20(17)25-22(27)18-7-5-13-23-14-18/h3-14H,2,15H2,1H3,(H,24,26)(H,25,27). The molecule has 28 heavy (non-hydrogen) atoms. The van der Waals surface area contributed by atoms with Crippen LogP contribution in [0.4, 0.5) is 5.69 Å². The topological polar surface area (TPSA) is 80.3 Å². The van der Waals surface area contributed by atoms with E-state index >= 15 is 0 Å². The van der Waals surface area contributed by atoms with Gasteiger partial charge in [-0.25, -0.2) is 0 Å². The smallest absolute Gasteiger partial charge is 0.257 e. The van der Waals surface area contributed by atoms with Gasteiger partial charge in [0.25, 0.3) is 11.8 Å². The number of nitrogens with one attached hydrogen (secondary N) is 2. The molecule has 2 amide bonds. The third kappa shape index (κ3) is 4.94. The average molecular weight is 375 g/mol. The summed E-state index contributed by atoms with van der Waals surface area (Å²) in [6.07, 6.45) is 3.12. The molecule has 0 aliphatic rings. The number of aromatic nitrogens is 1. The summed E-state index contributed by atoms with van der Waals surface area (Å²) in [4.78, 5) is 28.7. The molecule has 142 valence electrons. The van der Waals surface area contributed by atoms with E-state index in [2.05, 4.69) is 15.6 Å². The number of pyridine rings is 1. The fourth-order valence-corrected chi connectivity index (χ4v) is 2.63. The zero-order valence-electron chi connectivity index (χ0n) is 15.5. The lowest BCUT2D eigenvalue weighted by Gasteiger charge is -2.12. The molecular weight excluding hydrogens is 354 g/mol. The van der Waals surface area contributed by atoms with Gasteiger partial charge < -0.3 is 15.4 Å². The zero-order valence-corrected chi connectivity index (χ0v) is 15.5. The molecule has 0 spiro atoms. The monoisotopic (exact) mass is 375 g/mol. The second-order valence-electron chi connectivity index (χ2n) is 5.99. The van der Waals surface area contributed by atoms with Crippen molar-refractivity contribution in [1.82, 2.24) is 10.3 Å². The number of amides is 2. The van der Waals surface area contributed by atoms with Gasteiger partial charge in [-0.3, -0.25) is 14.6 Å². The number of carbonyl (C=O) groups is 2. The SMILES string of the molecule is CCOc1ccc(C(=O)NCc2ccccc2NC(=O)c2cccnc2)cc1. The van der Waals surface area contributed by atoms with Crippen molar-refractivity contribution in [2.45, 2.75) is 13.5 Å². The summed E-state index contributed by atoms with van der Waals surface area (Å²) < 4.78 is 5.38. The highest BCUT2D eigenvalue weighted by atomic mass is 16.5. The van der Waals surface area contributed by atoms with Crippen molar-refractivity contribution in [1.29, 1.82) is 0 Å². The Kier molecular flexibility index (Phi) is 6.36. The molecule has 0 aliphatic carbocycles. The molecule has 2 N–H and O–H groups in total. The number of benzene rings is 2. The van der Waals surface area contributed by atoms with Crippen molar-refractivity contribution in [2.24, 2.45) is 0 Å². The van der Waals surface area contributed by atoms with E-state index in [1.165, 1.54) is 6.20 Å². The molecule has 0 saturated heterocycles. The van der Waals surface area contributed by atoms with Crippen LogP contribution in [0.25, 0.3) is 0 Å². The molecule has 0 atom stereocenters. The van der Waals surface area contributed by atoms with Crippen molar-refractivity contribution in [3.63, 3.8) is 0 Å². The van der Waals surface area contributed by atoms with E-state index in [4.69, 9.17) is 4.74 Å². The van der Waals surface area contributed by atoms with Crippen LogP contribution in [0.1, 0.15) is 33.2 Å². The molecule has 0 aliphatic heterocycles. The summed E-state index contributed by atoms with van der Waals surface area (Å²) in [6.45, 7) is 2.77. The second-order valence-corrected chi connectivity index (χ2v) is 5.99. The van der Waals surface area contributed by atoms with Gasteiger partial charge >= 0.3 is 0 Å². The molecule has 0 radical (unpaired) electrons. The Morgan fingerprint density at radius 1 is 0.929 bits per heavy atom. The first-order valence-corrected chi connectivity index (χ1v) is 8.97. The van der Waals surface area contributed by atoms with Gasteiger partial charge in [0.05, 0.1) is 12.2 Å². The number of hydrogen-bond acceptors (Lipinski definition) is 4. The lowest BCUT2D eigenvalue weighted by molar-refractivity contribution is 0.0950. The Balaban J connectivity index is 1.64. The van der Waals surface area contributed by atoms with Crippen LogP contribution >= 0.6 is 0 Å². The Hall–Kier alpha value is -3.67. The summed E-state index contributed by atoms with van der Waals surface area (Å²) in [7, 11) is 0. The average Bonchev–Trinajstić information content (AvgIpc) is 2.74. The summed E-state index contributed by atoms with van der Waals surface area (Å²) in [6, 6.07) is 17.7. The lowest BCUT2D eigenvalue weighted by Crippen LogP contribution is -2.24. The highest BCUT2D eigenvalue weighted by Crippen LogP contribution is 2.17. The maximum absolute atomic E-state index is 12.4. The van der Waals surface area contributed by atoms with E-state index in [1.807, 2.05) is 25.1 Å². The Bertz CT molecular complexity index is 941. The van der Waals surface area contributed by atoms with Gasteiger partial charge in [0.2, 0.25) is 0 Å². The Morgan fingerprint density at radius 2 is 1.71 bits per heavy atom. The predicted octanol–water partition coefficient (Wildman–Crippen LogP) is 3.66. The lowest BCUT2D eigenvalue weighted by atomic mass is 10.1. The minimum atomic E-state index is -0.251. The molecule has 1 heterocycles. The van der Waals surface area contributed by atoms with E-state index in [9.17, 15) is 9.59 Å². The molecule has 3 aromatic rings. The number of nitrogens with zero attached hydrogens (tertiary/aromatic N) is 1. The Labute approximate surface area is 163 Å². The highest BCUT2D eigenvalue weighted by Gasteiger charge is 2.11. The fraction of sp³-hybridized carbons (Fsp3) is 0.136.